The second-order valence-electron chi connectivity index (χ2n) is 4.70. The van der Waals surface area contributed by atoms with Crippen molar-refractivity contribution in [1.29, 1.82) is 0 Å². The average Bonchev–Trinajstić information content (AvgIpc) is 2.26. The van der Waals surface area contributed by atoms with E-state index in [9.17, 15) is 4.39 Å². The molecule has 0 spiro atoms. The molecule has 1 saturated heterocycles. The lowest BCUT2D eigenvalue weighted by atomic mass is 10.0. The van der Waals surface area contributed by atoms with E-state index < -0.39 is 0 Å². The Balaban J connectivity index is 0.000000165. The van der Waals surface area contributed by atoms with Crippen molar-refractivity contribution in [2.45, 2.75) is 33.6 Å². The summed E-state index contributed by atoms with van der Waals surface area (Å²) in [4.78, 5) is 0. The molecule has 2 rings (SSSR count). The van der Waals surface area contributed by atoms with Gasteiger partial charge in [-0.25, -0.2) is 4.39 Å². The third kappa shape index (κ3) is 4.75. The monoisotopic (exact) mass is 223 g/mol. The van der Waals surface area contributed by atoms with Crippen molar-refractivity contribution in [2.75, 3.05) is 13.1 Å². The summed E-state index contributed by atoms with van der Waals surface area (Å²) < 4.78 is 12.5. The van der Waals surface area contributed by atoms with Gasteiger partial charge in [-0.3, -0.25) is 0 Å². The highest BCUT2D eigenvalue weighted by Gasteiger charge is 2.04. The summed E-state index contributed by atoms with van der Waals surface area (Å²) in [5, 5.41) is 3.33. The molecule has 0 amide bonds. The number of rotatable bonds is 0. The quantitative estimate of drug-likeness (QED) is 0.710. The molecule has 1 fully saturated rings. The molecule has 1 aromatic rings. The van der Waals surface area contributed by atoms with Crippen LogP contribution in [-0.2, 0) is 0 Å². The van der Waals surface area contributed by atoms with Gasteiger partial charge in [-0.1, -0.05) is 24.6 Å². The zero-order valence-electron chi connectivity index (χ0n) is 10.5. The Morgan fingerprint density at radius 1 is 1.31 bits per heavy atom. The maximum atomic E-state index is 12.5. The third-order valence-corrected chi connectivity index (χ3v) is 2.86. The van der Waals surface area contributed by atoms with Crippen molar-refractivity contribution < 1.29 is 4.39 Å². The number of nitrogens with one attached hydrogen (secondary N) is 1. The van der Waals surface area contributed by atoms with Crippen LogP contribution in [0.25, 0.3) is 0 Å². The van der Waals surface area contributed by atoms with Gasteiger partial charge in [0.2, 0.25) is 0 Å². The lowest BCUT2D eigenvalue weighted by Crippen LogP contribution is -2.27. The van der Waals surface area contributed by atoms with Crippen LogP contribution in [0.1, 0.15) is 30.9 Å². The molecular weight excluding hydrogens is 201 g/mol. The lowest BCUT2D eigenvalue weighted by Gasteiger charge is -2.17. The first-order valence-corrected chi connectivity index (χ1v) is 6.03. The first kappa shape index (κ1) is 13.2. The van der Waals surface area contributed by atoms with Crippen LogP contribution >= 0.6 is 0 Å². The summed E-state index contributed by atoms with van der Waals surface area (Å²) in [6.45, 7) is 8.49. The number of hydrogen-bond donors (Lipinski definition) is 1. The maximum Gasteiger partial charge on any atom is 0.126 e. The van der Waals surface area contributed by atoms with Crippen LogP contribution in [-0.4, -0.2) is 13.1 Å². The van der Waals surface area contributed by atoms with Gasteiger partial charge in [0.25, 0.3) is 0 Å². The smallest absolute Gasteiger partial charge is 0.126 e. The van der Waals surface area contributed by atoms with E-state index in [0.717, 1.165) is 17.0 Å². The standard InChI is InChI=1S/C8H9F.C6H13N/c1-6-3-4-8(9)7(2)5-6;1-6-3-2-4-7-5-6/h3-5H,1-2H3;6-7H,2-5H2,1H3. The Bertz CT molecular complexity index is 317. The summed E-state index contributed by atoms with van der Waals surface area (Å²) in [7, 11) is 0. The van der Waals surface area contributed by atoms with Gasteiger partial charge >= 0.3 is 0 Å². The summed E-state index contributed by atoms with van der Waals surface area (Å²) >= 11 is 0. The van der Waals surface area contributed by atoms with Crippen LogP contribution in [0, 0.1) is 25.6 Å². The molecule has 1 atom stereocenters. The molecule has 2 heteroatoms. The molecule has 16 heavy (non-hydrogen) atoms. The maximum absolute atomic E-state index is 12.5. The highest BCUT2D eigenvalue weighted by Crippen LogP contribution is 2.07. The van der Waals surface area contributed by atoms with Gasteiger partial charge < -0.3 is 5.32 Å². The van der Waals surface area contributed by atoms with Crippen molar-refractivity contribution in [1.82, 2.24) is 5.32 Å². The Morgan fingerprint density at radius 3 is 2.44 bits per heavy atom. The fourth-order valence-corrected chi connectivity index (χ4v) is 1.82. The Morgan fingerprint density at radius 2 is 2.06 bits per heavy atom. The molecule has 1 unspecified atom stereocenters. The van der Waals surface area contributed by atoms with E-state index in [2.05, 4.69) is 12.2 Å². The second-order valence-corrected chi connectivity index (χ2v) is 4.70. The molecule has 1 aromatic carbocycles. The van der Waals surface area contributed by atoms with Gasteiger partial charge in [-0.05, 0) is 57.3 Å². The van der Waals surface area contributed by atoms with E-state index >= 15 is 0 Å². The zero-order chi connectivity index (χ0) is 12.0. The first-order chi connectivity index (χ1) is 7.59. The largest absolute Gasteiger partial charge is 0.316 e. The van der Waals surface area contributed by atoms with E-state index in [-0.39, 0.29) is 5.82 Å². The molecule has 0 aliphatic carbocycles. The van der Waals surface area contributed by atoms with Crippen molar-refractivity contribution in [3.8, 4) is 0 Å². The molecule has 1 aliphatic rings. The van der Waals surface area contributed by atoms with E-state index in [1.807, 2.05) is 13.0 Å². The van der Waals surface area contributed by atoms with Gasteiger partial charge in [0.1, 0.15) is 5.82 Å². The van der Waals surface area contributed by atoms with Crippen molar-refractivity contribution in [3.63, 3.8) is 0 Å². The molecule has 0 radical (unpaired) electrons. The molecule has 90 valence electrons. The molecule has 0 saturated carbocycles. The first-order valence-electron chi connectivity index (χ1n) is 6.03. The number of piperidine rings is 1. The minimum atomic E-state index is -0.124. The normalized spacial score (nSPS) is 19.9. The Hall–Kier alpha value is -0.890. The van der Waals surface area contributed by atoms with Crippen LogP contribution in [0.15, 0.2) is 18.2 Å². The summed E-state index contributed by atoms with van der Waals surface area (Å²) in [5.41, 5.74) is 1.82. The van der Waals surface area contributed by atoms with Crippen LogP contribution in [0.3, 0.4) is 0 Å². The minimum Gasteiger partial charge on any atom is -0.316 e. The molecule has 1 aliphatic heterocycles. The fraction of sp³-hybridized carbons (Fsp3) is 0.571. The van der Waals surface area contributed by atoms with Gasteiger partial charge in [0.15, 0.2) is 0 Å². The third-order valence-electron chi connectivity index (χ3n) is 2.86. The van der Waals surface area contributed by atoms with E-state index in [0.29, 0.717) is 0 Å². The lowest BCUT2D eigenvalue weighted by molar-refractivity contribution is 0.405. The topological polar surface area (TPSA) is 12.0 Å². The number of hydrogen-bond acceptors (Lipinski definition) is 1. The Kier molecular flexibility index (Phi) is 5.47. The number of benzene rings is 1. The van der Waals surface area contributed by atoms with Crippen molar-refractivity contribution in [3.05, 3.63) is 35.1 Å². The zero-order valence-corrected chi connectivity index (χ0v) is 10.5. The van der Waals surface area contributed by atoms with Gasteiger partial charge in [-0.15, -0.1) is 0 Å². The van der Waals surface area contributed by atoms with E-state index in [1.54, 1.807) is 13.0 Å². The summed E-state index contributed by atoms with van der Waals surface area (Å²) in [6, 6.07) is 5.09. The fourth-order valence-electron chi connectivity index (χ4n) is 1.82. The predicted molar refractivity (Wildman–Crippen MR) is 67.1 cm³/mol. The molecule has 1 heterocycles. The molecule has 0 aromatic heterocycles. The van der Waals surface area contributed by atoms with Crippen LogP contribution in [0.4, 0.5) is 4.39 Å². The molecular formula is C14H22FN. The highest BCUT2D eigenvalue weighted by molar-refractivity contribution is 5.22. The predicted octanol–water partition coefficient (Wildman–Crippen LogP) is 3.45. The van der Waals surface area contributed by atoms with Crippen LogP contribution in [0.5, 0.6) is 0 Å². The number of halogens is 1. The second kappa shape index (κ2) is 6.64. The molecule has 1 N–H and O–H groups in total. The summed E-state index contributed by atoms with van der Waals surface area (Å²) in [5.74, 6) is 0.800. The van der Waals surface area contributed by atoms with Crippen LogP contribution in [0.2, 0.25) is 0 Å². The summed E-state index contributed by atoms with van der Waals surface area (Å²) in [6.07, 6.45) is 2.80. The van der Waals surface area contributed by atoms with Gasteiger partial charge in [0.05, 0.1) is 0 Å². The van der Waals surface area contributed by atoms with E-state index in [4.69, 9.17) is 0 Å². The SMILES string of the molecule is CC1CCCNC1.Cc1ccc(F)c(C)c1. The van der Waals surface area contributed by atoms with Crippen molar-refractivity contribution >= 4 is 0 Å². The van der Waals surface area contributed by atoms with Crippen LogP contribution < -0.4 is 5.32 Å². The number of aryl methyl sites for hydroxylation is 2. The van der Waals surface area contributed by atoms with Gasteiger partial charge in [-0.2, -0.15) is 0 Å². The Labute approximate surface area is 98.1 Å². The minimum absolute atomic E-state index is 0.124. The van der Waals surface area contributed by atoms with Gasteiger partial charge in [0, 0.05) is 0 Å². The molecule has 1 nitrogen and oxygen atoms in total. The van der Waals surface area contributed by atoms with Crippen molar-refractivity contribution in [2.24, 2.45) is 5.92 Å². The average molecular weight is 223 g/mol. The van der Waals surface area contributed by atoms with E-state index in [1.165, 1.54) is 32.0 Å². The molecule has 0 bridgehead atoms. The highest BCUT2D eigenvalue weighted by atomic mass is 19.1.